The lowest BCUT2D eigenvalue weighted by Gasteiger charge is -2.02. The third-order valence-electron chi connectivity index (χ3n) is 1.92. The highest BCUT2D eigenvalue weighted by Gasteiger charge is 2.18. The van der Waals surface area contributed by atoms with Crippen LogP contribution in [0.2, 0.25) is 0 Å². The molecule has 1 aromatic rings. The van der Waals surface area contributed by atoms with Gasteiger partial charge in [-0.1, -0.05) is 0 Å². The van der Waals surface area contributed by atoms with Crippen molar-refractivity contribution in [3.8, 4) is 0 Å². The van der Waals surface area contributed by atoms with Crippen molar-refractivity contribution in [1.29, 1.82) is 0 Å². The van der Waals surface area contributed by atoms with Crippen molar-refractivity contribution >= 4 is 11.7 Å². The molecule has 86 valence electrons. The molecule has 7 heteroatoms. The molecule has 0 saturated heterocycles. The Morgan fingerprint density at radius 2 is 2.00 bits per heavy atom. The van der Waals surface area contributed by atoms with Crippen LogP contribution in [0.4, 0.5) is 14.5 Å². The highest BCUT2D eigenvalue weighted by Crippen LogP contribution is 2.22. The van der Waals surface area contributed by atoms with Gasteiger partial charge in [0, 0.05) is 6.42 Å². The number of carboxylic acids is 1. The quantitative estimate of drug-likeness (QED) is 0.633. The zero-order valence-electron chi connectivity index (χ0n) is 7.94. The first kappa shape index (κ1) is 12.0. The highest BCUT2D eigenvalue weighted by atomic mass is 19.1. The van der Waals surface area contributed by atoms with E-state index in [-0.39, 0.29) is 18.4 Å². The smallest absolute Gasteiger partial charge is 0.307 e. The maximum absolute atomic E-state index is 13.2. The maximum Gasteiger partial charge on any atom is 0.307 e. The summed E-state index contributed by atoms with van der Waals surface area (Å²) >= 11 is 0. The number of nitro groups is 1. The van der Waals surface area contributed by atoms with E-state index in [9.17, 15) is 23.7 Å². The van der Waals surface area contributed by atoms with Gasteiger partial charge in [0.2, 0.25) is 5.82 Å². The molecule has 0 aliphatic heterocycles. The summed E-state index contributed by atoms with van der Waals surface area (Å²) in [6, 6.07) is 1.10. The minimum Gasteiger partial charge on any atom is -0.481 e. The zero-order valence-corrected chi connectivity index (χ0v) is 7.94. The molecule has 0 radical (unpaired) electrons. The SMILES string of the molecule is O=C(O)CCc1cc(F)c([N+](=O)[O-])cc1F. The predicted molar refractivity (Wildman–Crippen MR) is 49.0 cm³/mol. The standard InChI is InChI=1S/C9H7F2NO4/c10-6-4-8(12(15)16)7(11)3-5(6)1-2-9(13)14/h3-4H,1-2H2,(H,13,14). The van der Waals surface area contributed by atoms with Crippen LogP contribution in [0.25, 0.3) is 0 Å². The van der Waals surface area contributed by atoms with Crippen LogP contribution >= 0.6 is 0 Å². The van der Waals surface area contributed by atoms with E-state index >= 15 is 0 Å². The van der Waals surface area contributed by atoms with Gasteiger partial charge in [-0.05, 0) is 18.1 Å². The first-order valence-electron chi connectivity index (χ1n) is 4.26. The Kier molecular flexibility index (Phi) is 3.49. The molecule has 16 heavy (non-hydrogen) atoms. The zero-order chi connectivity index (χ0) is 12.3. The lowest BCUT2D eigenvalue weighted by molar-refractivity contribution is -0.387. The van der Waals surface area contributed by atoms with Gasteiger partial charge in [-0.25, -0.2) is 4.39 Å². The molecule has 0 atom stereocenters. The number of hydrogen-bond acceptors (Lipinski definition) is 3. The average Bonchev–Trinajstić information content (AvgIpc) is 2.18. The number of hydrogen-bond donors (Lipinski definition) is 1. The van der Waals surface area contributed by atoms with Crippen LogP contribution in [0.1, 0.15) is 12.0 Å². The van der Waals surface area contributed by atoms with Crippen LogP contribution in [-0.4, -0.2) is 16.0 Å². The van der Waals surface area contributed by atoms with E-state index in [4.69, 9.17) is 5.11 Å². The monoisotopic (exact) mass is 231 g/mol. The summed E-state index contributed by atoms with van der Waals surface area (Å²) in [7, 11) is 0. The van der Waals surface area contributed by atoms with E-state index in [0.29, 0.717) is 12.1 Å². The van der Waals surface area contributed by atoms with Crippen LogP contribution in [0.5, 0.6) is 0 Å². The van der Waals surface area contributed by atoms with Gasteiger partial charge in [-0.15, -0.1) is 0 Å². The fraction of sp³-hybridized carbons (Fsp3) is 0.222. The molecule has 1 N–H and O–H groups in total. The summed E-state index contributed by atoms with van der Waals surface area (Å²) in [4.78, 5) is 19.4. The molecule has 0 heterocycles. The number of aryl methyl sites for hydroxylation is 1. The van der Waals surface area contributed by atoms with Gasteiger partial charge in [0.15, 0.2) is 0 Å². The molecule has 0 aromatic heterocycles. The number of nitrogens with zero attached hydrogens (tertiary/aromatic N) is 1. The number of rotatable bonds is 4. The molecular formula is C9H7F2NO4. The van der Waals surface area contributed by atoms with Crippen LogP contribution < -0.4 is 0 Å². The van der Waals surface area contributed by atoms with Crippen molar-refractivity contribution in [1.82, 2.24) is 0 Å². The summed E-state index contributed by atoms with van der Waals surface area (Å²) in [5, 5.41) is 18.6. The van der Waals surface area contributed by atoms with Crippen molar-refractivity contribution in [2.75, 3.05) is 0 Å². The second-order valence-corrected chi connectivity index (χ2v) is 3.05. The minimum absolute atomic E-state index is 0.189. The molecule has 0 spiro atoms. The predicted octanol–water partition coefficient (Wildman–Crippen LogP) is 1.89. The van der Waals surface area contributed by atoms with Crippen LogP contribution in [0.15, 0.2) is 12.1 Å². The summed E-state index contributed by atoms with van der Waals surface area (Å²) in [5.74, 6) is -3.31. The van der Waals surface area contributed by atoms with Crippen molar-refractivity contribution in [3.63, 3.8) is 0 Å². The number of benzene rings is 1. The van der Waals surface area contributed by atoms with E-state index in [1.165, 1.54) is 0 Å². The lowest BCUT2D eigenvalue weighted by Crippen LogP contribution is -2.02. The Morgan fingerprint density at radius 1 is 1.38 bits per heavy atom. The molecule has 1 rings (SSSR count). The molecule has 0 saturated carbocycles. The van der Waals surface area contributed by atoms with Crippen LogP contribution in [0.3, 0.4) is 0 Å². The van der Waals surface area contributed by atoms with Gasteiger partial charge in [-0.3, -0.25) is 14.9 Å². The van der Waals surface area contributed by atoms with E-state index in [2.05, 4.69) is 0 Å². The summed E-state index contributed by atoms with van der Waals surface area (Å²) in [5.41, 5.74) is -1.15. The van der Waals surface area contributed by atoms with E-state index in [1.807, 2.05) is 0 Å². The fourth-order valence-corrected chi connectivity index (χ4v) is 1.15. The topological polar surface area (TPSA) is 80.4 Å². The number of carboxylic acid groups (broad SMARTS) is 1. The van der Waals surface area contributed by atoms with E-state index in [1.54, 1.807) is 0 Å². The molecule has 0 aliphatic carbocycles. The Hall–Kier alpha value is -2.05. The van der Waals surface area contributed by atoms with Gasteiger partial charge < -0.3 is 5.11 Å². The number of carbonyl (C=O) groups is 1. The Balaban J connectivity index is 3.01. The molecule has 0 aliphatic rings. The van der Waals surface area contributed by atoms with Crippen molar-refractivity contribution in [2.24, 2.45) is 0 Å². The number of halogens is 2. The molecular weight excluding hydrogens is 224 g/mol. The Labute approximate surface area is 88.5 Å². The number of aliphatic carboxylic acids is 1. The Bertz CT molecular complexity index is 447. The van der Waals surface area contributed by atoms with Gasteiger partial charge in [0.1, 0.15) is 5.82 Å². The lowest BCUT2D eigenvalue weighted by atomic mass is 10.1. The molecule has 0 bridgehead atoms. The van der Waals surface area contributed by atoms with Crippen molar-refractivity contribution in [2.45, 2.75) is 12.8 Å². The molecule has 0 fully saturated rings. The van der Waals surface area contributed by atoms with E-state index in [0.717, 1.165) is 0 Å². The summed E-state index contributed by atoms with van der Waals surface area (Å²) < 4.78 is 26.2. The van der Waals surface area contributed by atoms with Crippen LogP contribution in [-0.2, 0) is 11.2 Å². The van der Waals surface area contributed by atoms with Gasteiger partial charge in [0.25, 0.3) is 0 Å². The maximum atomic E-state index is 13.2. The molecule has 0 amide bonds. The second-order valence-electron chi connectivity index (χ2n) is 3.05. The number of nitro benzene ring substituents is 1. The molecule has 1 aromatic carbocycles. The largest absolute Gasteiger partial charge is 0.481 e. The highest BCUT2D eigenvalue weighted by molar-refractivity contribution is 5.67. The fourth-order valence-electron chi connectivity index (χ4n) is 1.15. The molecule has 5 nitrogen and oxygen atoms in total. The third-order valence-corrected chi connectivity index (χ3v) is 1.92. The Morgan fingerprint density at radius 3 is 2.50 bits per heavy atom. The first-order chi connectivity index (χ1) is 7.41. The summed E-state index contributed by atoms with van der Waals surface area (Å²) in [6.07, 6.45) is -0.579. The van der Waals surface area contributed by atoms with Crippen molar-refractivity contribution in [3.05, 3.63) is 39.4 Å². The van der Waals surface area contributed by atoms with Gasteiger partial charge in [0.05, 0.1) is 11.0 Å². The minimum atomic E-state index is -1.17. The first-order valence-corrected chi connectivity index (χ1v) is 4.26. The van der Waals surface area contributed by atoms with Gasteiger partial charge in [-0.2, -0.15) is 4.39 Å². The van der Waals surface area contributed by atoms with Gasteiger partial charge >= 0.3 is 11.7 Å². The molecule has 0 unspecified atom stereocenters. The third kappa shape index (κ3) is 2.72. The average molecular weight is 231 g/mol. The van der Waals surface area contributed by atoms with Crippen LogP contribution in [0, 0.1) is 21.7 Å². The van der Waals surface area contributed by atoms with E-state index < -0.39 is 28.2 Å². The summed E-state index contributed by atoms with van der Waals surface area (Å²) in [6.45, 7) is 0. The second kappa shape index (κ2) is 4.65. The van der Waals surface area contributed by atoms with Crippen molar-refractivity contribution < 1.29 is 23.6 Å². The normalized spacial score (nSPS) is 10.1.